The van der Waals surface area contributed by atoms with Crippen molar-refractivity contribution in [2.24, 2.45) is 0 Å². The lowest BCUT2D eigenvalue weighted by molar-refractivity contribution is 0.590. The predicted molar refractivity (Wildman–Crippen MR) is 79.8 cm³/mol. The minimum atomic E-state index is 0.461. The highest BCUT2D eigenvalue weighted by molar-refractivity contribution is 7.98. The molecule has 0 N–H and O–H groups in total. The first-order valence-corrected chi connectivity index (χ1v) is 7.95. The van der Waals surface area contributed by atoms with Gasteiger partial charge in [0.2, 0.25) is 0 Å². The molecule has 1 aliphatic rings. The summed E-state index contributed by atoms with van der Waals surface area (Å²) in [7, 11) is 0. The van der Waals surface area contributed by atoms with Crippen LogP contribution in [-0.2, 0) is 12.8 Å². The average molecular weight is 273 g/mol. The number of aryl methyl sites for hydroxylation is 3. The van der Waals surface area contributed by atoms with E-state index in [9.17, 15) is 0 Å². The molecule has 1 aliphatic carbocycles. The van der Waals surface area contributed by atoms with Crippen molar-refractivity contribution in [3.63, 3.8) is 0 Å². The molecule has 3 rings (SSSR count). The smallest absolute Gasteiger partial charge is 0.187 e. The fourth-order valence-corrected chi connectivity index (χ4v) is 3.33. The van der Waals surface area contributed by atoms with Gasteiger partial charge < -0.3 is 4.57 Å². The number of hydrogen-bond acceptors (Lipinski definition) is 3. The topological polar surface area (TPSA) is 30.7 Å². The Balaban J connectivity index is 2.26. The van der Waals surface area contributed by atoms with Crippen LogP contribution in [-0.4, -0.2) is 20.8 Å². The summed E-state index contributed by atoms with van der Waals surface area (Å²) in [6, 6.07) is 2.78. The second-order valence-electron chi connectivity index (χ2n) is 5.35. The maximum absolute atomic E-state index is 4.76. The summed E-state index contributed by atoms with van der Waals surface area (Å²) >= 11 is 1.61. The predicted octanol–water partition coefficient (Wildman–Crippen LogP) is 3.65. The Morgan fingerprint density at radius 3 is 2.68 bits per heavy atom. The van der Waals surface area contributed by atoms with E-state index < -0.39 is 0 Å². The summed E-state index contributed by atoms with van der Waals surface area (Å²) in [5, 5.41) is 0.862. The minimum Gasteiger partial charge on any atom is -0.341 e. The van der Waals surface area contributed by atoms with Crippen LogP contribution in [0.3, 0.4) is 0 Å². The third-order valence-electron chi connectivity index (χ3n) is 3.74. The highest BCUT2D eigenvalue weighted by Gasteiger charge is 2.24. The first-order valence-electron chi connectivity index (χ1n) is 6.72. The SMILES string of the molecule is CSc1ncc2c(n1)-c1c(cc(C)n1C(C)C)CC2. The lowest BCUT2D eigenvalue weighted by Crippen LogP contribution is -2.12. The number of hydrogen-bond donors (Lipinski definition) is 0. The van der Waals surface area contributed by atoms with Gasteiger partial charge in [0.05, 0.1) is 11.4 Å². The molecular weight excluding hydrogens is 254 g/mol. The molecule has 0 radical (unpaired) electrons. The first kappa shape index (κ1) is 12.7. The second-order valence-corrected chi connectivity index (χ2v) is 6.13. The fraction of sp³-hybridized carbons (Fsp3) is 0.467. The van der Waals surface area contributed by atoms with Crippen LogP contribution in [0.25, 0.3) is 11.4 Å². The normalized spacial score (nSPS) is 13.5. The third-order valence-corrected chi connectivity index (χ3v) is 4.30. The number of nitrogens with zero attached hydrogens (tertiary/aromatic N) is 3. The van der Waals surface area contributed by atoms with E-state index in [0.29, 0.717) is 6.04 Å². The fourth-order valence-electron chi connectivity index (χ4n) is 2.99. The number of aromatic nitrogens is 3. The van der Waals surface area contributed by atoms with Crippen molar-refractivity contribution in [2.45, 2.75) is 44.8 Å². The third kappa shape index (κ3) is 1.98. The Kier molecular flexibility index (Phi) is 3.13. The molecule has 0 atom stereocenters. The Labute approximate surface area is 118 Å². The van der Waals surface area contributed by atoms with Crippen LogP contribution in [0, 0.1) is 6.92 Å². The van der Waals surface area contributed by atoms with Gasteiger partial charge in [-0.2, -0.15) is 0 Å². The lowest BCUT2D eigenvalue weighted by Gasteiger charge is -2.21. The first-order chi connectivity index (χ1) is 9.11. The molecule has 2 aromatic rings. The van der Waals surface area contributed by atoms with Crippen LogP contribution in [0.2, 0.25) is 0 Å². The maximum Gasteiger partial charge on any atom is 0.187 e. The van der Waals surface area contributed by atoms with E-state index in [1.165, 1.54) is 22.5 Å². The Hall–Kier alpha value is -1.29. The van der Waals surface area contributed by atoms with Gasteiger partial charge in [-0.25, -0.2) is 9.97 Å². The molecule has 0 amide bonds. The van der Waals surface area contributed by atoms with Crippen molar-refractivity contribution in [1.82, 2.24) is 14.5 Å². The zero-order valence-corrected chi connectivity index (χ0v) is 12.7. The molecule has 19 heavy (non-hydrogen) atoms. The molecule has 2 heterocycles. The monoisotopic (exact) mass is 273 g/mol. The molecule has 0 bridgehead atoms. The van der Waals surface area contributed by atoms with Gasteiger partial charge in [-0.1, -0.05) is 11.8 Å². The largest absolute Gasteiger partial charge is 0.341 e. The van der Waals surface area contributed by atoms with Crippen LogP contribution in [0.15, 0.2) is 17.4 Å². The molecule has 0 spiro atoms. The molecule has 0 fully saturated rings. The van der Waals surface area contributed by atoms with Crippen LogP contribution >= 0.6 is 11.8 Å². The van der Waals surface area contributed by atoms with Gasteiger partial charge in [-0.05, 0) is 57.1 Å². The zero-order valence-electron chi connectivity index (χ0n) is 11.9. The zero-order chi connectivity index (χ0) is 13.6. The summed E-state index contributed by atoms with van der Waals surface area (Å²) in [5.41, 5.74) is 6.50. The molecule has 0 aromatic carbocycles. The molecule has 0 saturated heterocycles. The van der Waals surface area contributed by atoms with Crippen molar-refractivity contribution in [2.75, 3.05) is 6.26 Å². The standard InChI is InChI=1S/C15H19N3S/c1-9(2)18-10(3)7-11-5-6-12-8-16-15(19-4)17-13(12)14(11)18/h7-9H,5-6H2,1-4H3. The maximum atomic E-state index is 4.76. The molecule has 2 aromatic heterocycles. The Bertz CT molecular complexity index is 629. The van der Waals surface area contributed by atoms with Gasteiger partial charge in [0.25, 0.3) is 0 Å². The van der Waals surface area contributed by atoms with Gasteiger partial charge in [0.15, 0.2) is 5.16 Å². The second kappa shape index (κ2) is 4.67. The average Bonchev–Trinajstić information content (AvgIpc) is 2.74. The number of rotatable bonds is 2. The van der Waals surface area contributed by atoms with Gasteiger partial charge in [0, 0.05) is 17.9 Å². The van der Waals surface area contributed by atoms with Crippen molar-refractivity contribution in [3.8, 4) is 11.4 Å². The molecule has 0 unspecified atom stereocenters. The van der Waals surface area contributed by atoms with Gasteiger partial charge in [-0.3, -0.25) is 0 Å². The molecule has 0 saturated carbocycles. The summed E-state index contributed by atoms with van der Waals surface area (Å²) in [6.07, 6.45) is 6.19. The van der Waals surface area contributed by atoms with E-state index in [1.807, 2.05) is 12.5 Å². The Morgan fingerprint density at radius 1 is 1.26 bits per heavy atom. The van der Waals surface area contributed by atoms with E-state index in [-0.39, 0.29) is 0 Å². The number of thioether (sulfide) groups is 1. The van der Waals surface area contributed by atoms with E-state index in [1.54, 1.807) is 11.8 Å². The molecule has 4 heteroatoms. The van der Waals surface area contributed by atoms with E-state index in [4.69, 9.17) is 4.98 Å². The number of fused-ring (bicyclic) bond motifs is 3. The summed E-state index contributed by atoms with van der Waals surface area (Å²) < 4.78 is 2.41. The van der Waals surface area contributed by atoms with Crippen molar-refractivity contribution >= 4 is 11.8 Å². The minimum absolute atomic E-state index is 0.461. The lowest BCUT2D eigenvalue weighted by atomic mass is 9.95. The quantitative estimate of drug-likeness (QED) is 0.618. The molecule has 100 valence electrons. The van der Waals surface area contributed by atoms with Crippen LogP contribution in [0.5, 0.6) is 0 Å². The molecule has 3 nitrogen and oxygen atoms in total. The molecule has 0 aliphatic heterocycles. The summed E-state index contributed by atoms with van der Waals surface area (Å²) in [4.78, 5) is 9.17. The van der Waals surface area contributed by atoms with Crippen LogP contribution < -0.4 is 0 Å². The van der Waals surface area contributed by atoms with Crippen LogP contribution in [0.1, 0.15) is 36.7 Å². The van der Waals surface area contributed by atoms with E-state index >= 15 is 0 Å². The van der Waals surface area contributed by atoms with Crippen molar-refractivity contribution in [3.05, 3.63) is 29.1 Å². The van der Waals surface area contributed by atoms with E-state index in [2.05, 4.69) is 36.4 Å². The molecular formula is C15H19N3S. The van der Waals surface area contributed by atoms with E-state index in [0.717, 1.165) is 23.7 Å². The highest BCUT2D eigenvalue weighted by atomic mass is 32.2. The van der Waals surface area contributed by atoms with Crippen LogP contribution in [0.4, 0.5) is 0 Å². The summed E-state index contributed by atoms with van der Waals surface area (Å²) in [5.74, 6) is 0. The summed E-state index contributed by atoms with van der Waals surface area (Å²) in [6.45, 7) is 6.66. The van der Waals surface area contributed by atoms with Gasteiger partial charge in [0.1, 0.15) is 0 Å². The Morgan fingerprint density at radius 2 is 2.00 bits per heavy atom. The van der Waals surface area contributed by atoms with Crippen molar-refractivity contribution in [1.29, 1.82) is 0 Å². The van der Waals surface area contributed by atoms with Gasteiger partial charge in [-0.15, -0.1) is 0 Å². The van der Waals surface area contributed by atoms with Crippen molar-refractivity contribution < 1.29 is 0 Å². The highest BCUT2D eigenvalue weighted by Crippen LogP contribution is 2.36. The van der Waals surface area contributed by atoms with Gasteiger partial charge >= 0.3 is 0 Å².